The van der Waals surface area contributed by atoms with Gasteiger partial charge in [-0.15, -0.1) is 0 Å². The molecule has 1 aromatic heterocycles. The maximum absolute atomic E-state index is 13.0. The van der Waals surface area contributed by atoms with E-state index in [0.29, 0.717) is 59.8 Å². The van der Waals surface area contributed by atoms with Gasteiger partial charge in [-0.05, 0) is 70.5 Å². The zero-order chi connectivity index (χ0) is 25.3. The van der Waals surface area contributed by atoms with Gasteiger partial charge < -0.3 is 24.4 Å². The fraction of sp³-hybridized carbons (Fsp3) is 0.615. The summed E-state index contributed by atoms with van der Waals surface area (Å²) in [6, 6.07) is 3.89. The number of benzene rings is 1. The number of nitrogens with one attached hydrogen (secondary N) is 1. The Labute approximate surface area is 208 Å². The van der Waals surface area contributed by atoms with Crippen molar-refractivity contribution in [2.75, 3.05) is 38.7 Å². The highest BCUT2D eigenvalue weighted by molar-refractivity contribution is 5.96. The molecular weight excluding hydrogens is 475 g/mol. The van der Waals surface area contributed by atoms with Gasteiger partial charge in [-0.1, -0.05) is 0 Å². The number of pyridine rings is 1. The van der Waals surface area contributed by atoms with Crippen molar-refractivity contribution in [2.24, 2.45) is 0 Å². The minimum Gasteiger partial charge on any atom is -0.493 e. The Hall–Kier alpha value is -2.75. The number of methoxy groups -OCH3 is 1. The van der Waals surface area contributed by atoms with E-state index in [2.05, 4.69) is 10.2 Å². The molecule has 3 aliphatic rings. The number of aromatic nitrogens is 1. The first kappa shape index (κ1) is 24.9. The molecule has 1 unspecified atom stereocenters. The normalized spacial score (nSPS) is 20.3. The average Bonchev–Trinajstić information content (AvgIpc) is 3.51. The van der Waals surface area contributed by atoms with Gasteiger partial charge in [0.25, 0.3) is 0 Å². The number of alkyl halides is 3. The van der Waals surface area contributed by atoms with E-state index in [1.54, 1.807) is 7.11 Å². The molecule has 36 heavy (non-hydrogen) atoms. The van der Waals surface area contributed by atoms with Crippen molar-refractivity contribution in [1.29, 1.82) is 0 Å². The molecule has 0 bridgehead atoms. The second-order valence-corrected chi connectivity index (χ2v) is 9.82. The summed E-state index contributed by atoms with van der Waals surface area (Å²) >= 11 is 0. The molecule has 1 aliphatic heterocycles. The predicted octanol–water partition coefficient (Wildman–Crippen LogP) is 5.17. The fourth-order valence-electron chi connectivity index (χ4n) is 5.12. The van der Waals surface area contributed by atoms with Gasteiger partial charge in [0, 0.05) is 29.6 Å². The number of anilines is 1. The van der Waals surface area contributed by atoms with Crippen LogP contribution in [0.4, 0.5) is 18.9 Å². The van der Waals surface area contributed by atoms with Gasteiger partial charge in [-0.2, -0.15) is 13.2 Å². The SMILES string of the molecule is COc1cc2c(NC3CC3)c3c(nc2cc1OCCCN1CCCC1)CCCC3OC(=O)C(F)(F)F. The number of carbonyl (C=O) groups is 1. The molecule has 0 spiro atoms. The highest BCUT2D eigenvalue weighted by Gasteiger charge is 2.44. The lowest BCUT2D eigenvalue weighted by molar-refractivity contribution is -0.205. The summed E-state index contributed by atoms with van der Waals surface area (Å²) in [7, 11) is 1.56. The molecule has 7 nitrogen and oxygen atoms in total. The molecule has 0 radical (unpaired) electrons. The standard InChI is InChI=1S/C26H32F3N3O4/c1-34-21-14-17-19(15-22(21)35-13-5-12-32-10-2-3-11-32)31-18-6-4-7-20(36-25(33)26(27,28)29)23(18)24(17)30-16-8-9-16/h14-16,20H,2-13H2,1H3,(H,30,31). The van der Waals surface area contributed by atoms with Crippen molar-refractivity contribution in [3.8, 4) is 11.5 Å². The third-order valence-electron chi connectivity index (χ3n) is 7.07. The zero-order valence-corrected chi connectivity index (χ0v) is 20.5. The highest BCUT2D eigenvalue weighted by atomic mass is 19.4. The highest BCUT2D eigenvalue weighted by Crippen LogP contribution is 2.45. The fourth-order valence-corrected chi connectivity index (χ4v) is 5.12. The van der Waals surface area contributed by atoms with Crippen molar-refractivity contribution >= 4 is 22.6 Å². The quantitative estimate of drug-likeness (QED) is 0.371. The summed E-state index contributed by atoms with van der Waals surface area (Å²) in [4.78, 5) is 18.9. The van der Waals surface area contributed by atoms with Crippen LogP contribution in [0.5, 0.6) is 11.5 Å². The molecule has 196 valence electrons. The molecule has 1 saturated heterocycles. The third kappa shape index (κ3) is 5.48. The van der Waals surface area contributed by atoms with E-state index >= 15 is 0 Å². The van der Waals surface area contributed by atoms with Crippen LogP contribution in [0.3, 0.4) is 0 Å². The number of hydrogen-bond donors (Lipinski definition) is 1. The second kappa shape index (κ2) is 10.3. The monoisotopic (exact) mass is 507 g/mol. The minimum absolute atomic E-state index is 0.230. The van der Waals surface area contributed by atoms with Crippen molar-refractivity contribution < 1.29 is 32.2 Å². The molecule has 0 amide bonds. The molecule has 2 aliphatic carbocycles. The van der Waals surface area contributed by atoms with Crippen LogP contribution < -0.4 is 14.8 Å². The molecule has 2 aromatic rings. The van der Waals surface area contributed by atoms with Crippen LogP contribution in [-0.4, -0.2) is 61.4 Å². The van der Waals surface area contributed by atoms with E-state index in [1.165, 1.54) is 12.8 Å². The van der Waals surface area contributed by atoms with Crippen LogP contribution in [0, 0.1) is 0 Å². The van der Waals surface area contributed by atoms with Crippen molar-refractivity contribution in [3.05, 3.63) is 23.4 Å². The lowest BCUT2D eigenvalue weighted by Gasteiger charge is -2.29. The van der Waals surface area contributed by atoms with Crippen LogP contribution in [0.1, 0.15) is 62.3 Å². The molecule has 1 N–H and O–H groups in total. The summed E-state index contributed by atoms with van der Waals surface area (Å²) < 4.78 is 55.6. The molecule has 1 saturated carbocycles. The van der Waals surface area contributed by atoms with Gasteiger partial charge in [0.05, 0.1) is 30.6 Å². The Kier molecular flexibility index (Phi) is 7.14. The Balaban J connectivity index is 1.46. The molecule has 5 rings (SSSR count). The number of halogens is 3. The van der Waals surface area contributed by atoms with Crippen LogP contribution in [0.25, 0.3) is 10.9 Å². The zero-order valence-electron chi connectivity index (χ0n) is 20.5. The summed E-state index contributed by atoms with van der Waals surface area (Å²) in [5.41, 5.74) is 2.55. The van der Waals surface area contributed by atoms with E-state index in [4.69, 9.17) is 19.2 Å². The first-order valence-corrected chi connectivity index (χ1v) is 12.8. The Morgan fingerprint density at radius 2 is 1.92 bits per heavy atom. The number of fused-ring (bicyclic) bond motifs is 2. The first-order chi connectivity index (χ1) is 17.3. The van der Waals surface area contributed by atoms with Gasteiger partial charge in [-0.3, -0.25) is 4.98 Å². The Morgan fingerprint density at radius 3 is 2.61 bits per heavy atom. The predicted molar refractivity (Wildman–Crippen MR) is 129 cm³/mol. The number of aryl methyl sites for hydroxylation is 1. The number of esters is 1. The third-order valence-corrected chi connectivity index (χ3v) is 7.07. The van der Waals surface area contributed by atoms with Gasteiger partial charge in [-0.25, -0.2) is 4.79 Å². The lowest BCUT2D eigenvalue weighted by Crippen LogP contribution is -2.29. The average molecular weight is 508 g/mol. The van der Waals surface area contributed by atoms with Crippen LogP contribution in [-0.2, 0) is 16.0 Å². The molecule has 1 atom stereocenters. The summed E-state index contributed by atoms with van der Waals surface area (Å²) in [6.45, 7) is 3.83. The minimum atomic E-state index is -5.05. The van der Waals surface area contributed by atoms with Gasteiger partial charge in [0.15, 0.2) is 11.5 Å². The van der Waals surface area contributed by atoms with E-state index < -0.39 is 18.2 Å². The van der Waals surface area contributed by atoms with E-state index in [-0.39, 0.29) is 6.04 Å². The summed E-state index contributed by atoms with van der Waals surface area (Å²) in [5.74, 6) is -1.05. The number of carbonyl (C=O) groups excluding carboxylic acids is 1. The largest absolute Gasteiger partial charge is 0.493 e. The smallest absolute Gasteiger partial charge is 0.490 e. The summed E-state index contributed by atoms with van der Waals surface area (Å²) in [5, 5.41) is 4.19. The van der Waals surface area contributed by atoms with Crippen molar-refractivity contribution in [1.82, 2.24) is 9.88 Å². The molecule has 2 fully saturated rings. The van der Waals surface area contributed by atoms with Crippen LogP contribution >= 0.6 is 0 Å². The van der Waals surface area contributed by atoms with Gasteiger partial charge in [0.2, 0.25) is 0 Å². The van der Waals surface area contributed by atoms with Crippen LogP contribution in [0.2, 0.25) is 0 Å². The number of nitrogens with zero attached hydrogens (tertiary/aromatic N) is 2. The maximum atomic E-state index is 13.0. The van der Waals surface area contributed by atoms with E-state index in [1.807, 2.05) is 12.1 Å². The Morgan fingerprint density at radius 1 is 1.14 bits per heavy atom. The van der Waals surface area contributed by atoms with E-state index in [9.17, 15) is 18.0 Å². The maximum Gasteiger partial charge on any atom is 0.490 e. The van der Waals surface area contributed by atoms with Gasteiger partial charge in [0.1, 0.15) is 6.10 Å². The second-order valence-electron chi connectivity index (χ2n) is 9.82. The first-order valence-electron chi connectivity index (χ1n) is 12.8. The molecular formula is C26H32F3N3O4. The lowest BCUT2D eigenvalue weighted by atomic mass is 9.90. The Bertz CT molecular complexity index is 1110. The van der Waals surface area contributed by atoms with Gasteiger partial charge >= 0.3 is 12.1 Å². The van der Waals surface area contributed by atoms with Crippen molar-refractivity contribution in [2.45, 2.75) is 69.7 Å². The number of rotatable bonds is 9. The van der Waals surface area contributed by atoms with Crippen molar-refractivity contribution in [3.63, 3.8) is 0 Å². The van der Waals surface area contributed by atoms with E-state index in [0.717, 1.165) is 44.3 Å². The number of hydrogen-bond acceptors (Lipinski definition) is 7. The molecule has 2 heterocycles. The number of ether oxygens (including phenoxy) is 3. The van der Waals surface area contributed by atoms with Crippen LogP contribution in [0.15, 0.2) is 12.1 Å². The number of likely N-dealkylation sites (tertiary alicyclic amines) is 1. The summed E-state index contributed by atoms with van der Waals surface area (Å²) in [6.07, 6.45) is 0.802. The molecule has 1 aromatic carbocycles. The molecule has 10 heteroatoms. The topological polar surface area (TPSA) is 72.9 Å².